The zero-order valence-electron chi connectivity index (χ0n) is 10.2. The largest absolute Gasteiger partial charge is 0.380 e. The van der Waals surface area contributed by atoms with Crippen LogP contribution in [0, 0.1) is 0 Å². The predicted octanol–water partition coefficient (Wildman–Crippen LogP) is 1.96. The number of rotatable bonds is 4. The van der Waals surface area contributed by atoms with Gasteiger partial charge in [-0.2, -0.15) is 5.10 Å². The zero-order chi connectivity index (χ0) is 11.4. The van der Waals surface area contributed by atoms with E-state index in [1.54, 1.807) is 0 Å². The maximum Gasteiger partial charge on any atom is 0.0853 e. The van der Waals surface area contributed by atoms with Crippen molar-refractivity contribution in [2.45, 2.75) is 38.7 Å². The second-order valence-corrected chi connectivity index (χ2v) is 4.39. The summed E-state index contributed by atoms with van der Waals surface area (Å²) in [5.41, 5.74) is 2.29. The van der Waals surface area contributed by atoms with Gasteiger partial charge in [-0.3, -0.25) is 4.68 Å². The monoisotopic (exact) mass is 223 g/mol. The van der Waals surface area contributed by atoms with E-state index >= 15 is 0 Å². The van der Waals surface area contributed by atoms with Crippen LogP contribution in [0.3, 0.4) is 0 Å². The Morgan fingerprint density at radius 1 is 1.56 bits per heavy atom. The first-order valence-electron chi connectivity index (χ1n) is 6.17. The summed E-state index contributed by atoms with van der Waals surface area (Å²) in [7, 11) is 1.96. The first-order valence-corrected chi connectivity index (χ1v) is 6.17. The van der Waals surface area contributed by atoms with Crippen LogP contribution in [0.1, 0.15) is 31.9 Å². The Morgan fingerprint density at radius 3 is 3.12 bits per heavy atom. The molecule has 1 unspecified atom stereocenters. The molecule has 4 nitrogen and oxygen atoms in total. The highest BCUT2D eigenvalue weighted by atomic mass is 16.5. The molecule has 4 heteroatoms. The van der Waals surface area contributed by atoms with Crippen LogP contribution in [0.25, 0.3) is 0 Å². The van der Waals surface area contributed by atoms with Crippen molar-refractivity contribution in [1.29, 1.82) is 0 Å². The minimum absolute atomic E-state index is 0.374. The number of hydrogen-bond donors (Lipinski definition) is 1. The highest BCUT2D eigenvalue weighted by molar-refractivity contribution is 5.46. The van der Waals surface area contributed by atoms with Crippen LogP contribution in [0.15, 0.2) is 6.20 Å². The van der Waals surface area contributed by atoms with E-state index in [2.05, 4.69) is 17.3 Å². The molecule has 0 bridgehead atoms. The van der Waals surface area contributed by atoms with Crippen LogP contribution in [0.5, 0.6) is 0 Å². The summed E-state index contributed by atoms with van der Waals surface area (Å²) in [6.07, 6.45) is 7.06. The smallest absolute Gasteiger partial charge is 0.0853 e. The summed E-state index contributed by atoms with van der Waals surface area (Å²) < 4.78 is 7.55. The summed E-state index contributed by atoms with van der Waals surface area (Å²) in [4.78, 5) is 0. The van der Waals surface area contributed by atoms with Gasteiger partial charge in [-0.15, -0.1) is 0 Å². The molecule has 1 aromatic rings. The number of hydrogen-bond acceptors (Lipinski definition) is 3. The Labute approximate surface area is 97.0 Å². The van der Waals surface area contributed by atoms with Crippen LogP contribution >= 0.6 is 0 Å². The highest BCUT2D eigenvalue weighted by Crippen LogP contribution is 2.16. The number of aryl methyl sites for hydroxylation is 2. The fourth-order valence-electron chi connectivity index (χ4n) is 2.14. The Balaban J connectivity index is 1.87. The molecule has 2 heterocycles. The van der Waals surface area contributed by atoms with Crippen LogP contribution in [0.4, 0.5) is 5.69 Å². The topological polar surface area (TPSA) is 39.1 Å². The quantitative estimate of drug-likeness (QED) is 0.848. The molecule has 0 aliphatic carbocycles. The van der Waals surface area contributed by atoms with Crippen molar-refractivity contribution in [2.24, 2.45) is 7.05 Å². The molecule has 1 aliphatic heterocycles. The Bertz CT molecular complexity index is 329. The van der Waals surface area contributed by atoms with Gasteiger partial charge in [-0.1, -0.05) is 6.92 Å². The van der Waals surface area contributed by atoms with Gasteiger partial charge in [-0.25, -0.2) is 0 Å². The van der Waals surface area contributed by atoms with E-state index in [0.717, 1.165) is 31.0 Å². The molecule has 1 aromatic heterocycles. The molecule has 1 atom stereocenters. The second-order valence-electron chi connectivity index (χ2n) is 4.39. The summed E-state index contributed by atoms with van der Waals surface area (Å²) in [6.45, 7) is 3.95. The van der Waals surface area contributed by atoms with Gasteiger partial charge < -0.3 is 10.1 Å². The van der Waals surface area contributed by atoms with Gasteiger partial charge in [0.25, 0.3) is 0 Å². The van der Waals surface area contributed by atoms with Crippen LogP contribution in [0.2, 0.25) is 0 Å². The van der Waals surface area contributed by atoms with E-state index in [-0.39, 0.29) is 0 Å². The highest BCUT2D eigenvalue weighted by Gasteiger charge is 2.14. The minimum atomic E-state index is 0.374. The van der Waals surface area contributed by atoms with E-state index in [1.165, 1.54) is 19.3 Å². The molecular weight excluding hydrogens is 202 g/mol. The molecule has 16 heavy (non-hydrogen) atoms. The maximum absolute atomic E-state index is 5.69. The summed E-state index contributed by atoms with van der Waals surface area (Å²) in [5.74, 6) is 0. The summed E-state index contributed by atoms with van der Waals surface area (Å²) >= 11 is 0. The lowest BCUT2D eigenvalue weighted by Crippen LogP contribution is -2.27. The van der Waals surface area contributed by atoms with Crippen LogP contribution in [-0.2, 0) is 18.2 Å². The first-order chi connectivity index (χ1) is 7.79. The van der Waals surface area contributed by atoms with Gasteiger partial charge in [0.2, 0.25) is 0 Å². The maximum atomic E-state index is 5.69. The molecule has 1 N–H and O–H groups in total. The van der Waals surface area contributed by atoms with Gasteiger partial charge in [0, 0.05) is 26.4 Å². The Kier molecular flexibility index (Phi) is 3.83. The Hall–Kier alpha value is -1.03. The van der Waals surface area contributed by atoms with E-state index in [4.69, 9.17) is 4.74 Å². The minimum Gasteiger partial charge on any atom is -0.380 e. The number of nitrogens with zero attached hydrogens (tertiary/aromatic N) is 2. The van der Waals surface area contributed by atoms with Gasteiger partial charge in [0.05, 0.1) is 17.5 Å². The van der Waals surface area contributed by atoms with Crippen molar-refractivity contribution in [3.63, 3.8) is 0 Å². The summed E-state index contributed by atoms with van der Waals surface area (Å²) in [6, 6.07) is 0. The SMILES string of the molecule is CCc1nn(C)cc1NCC1CCCCO1. The number of ether oxygens (including phenoxy) is 1. The molecule has 0 saturated carbocycles. The first kappa shape index (κ1) is 11.5. The molecule has 0 aromatic carbocycles. The van der Waals surface area contributed by atoms with E-state index < -0.39 is 0 Å². The third kappa shape index (κ3) is 2.76. The van der Waals surface area contributed by atoms with Gasteiger partial charge >= 0.3 is 0 Å². The van der Waals surface area contributed by atoms with E-state index in [0.29, 0.717) is 6.10 Å². The standard InChI is InChI=1S/C12H21N3O/c1-3-11-12(9-15(2)14-11)13-8-10-6-4-5-7-16-10/h9-10,13H,3-8H2,1-2H3. The average molecular weight is 223 g/mol. The number of aromatic nitrogens is 2. The molecule has 1 saturated heterocycles. The number of anilines is 1. The van der Waals surface area contributed by atoms with Crippen molar-refractivity contribution < 1.29 is 4.74 Å². The Morgan fingerprint density at radius 2 is 2.44 bits per heavy atom. The zero-order valence-corrected chi connectivity index (χ0v) is 10.2. The van der Waals surface area contributed by atoms with Crippen molar-refractivity contribution >= 4 is 5.69 Å². The van der Waals surface area contributed by atoms with E-state index in [1.807, 2.05) is 17.9 Å². The van der Waals surface area contributed by atoms with Crippen molar-refractivity contribution in [1.82, 2.24) is 9.78 Å². The van der Waals surface area contributed by atoms with Crippen molar-refractivity contribution in [3.05, 3.63) is 11.9 Å². The fourth-order valence-corrected chi connectivity index (χ4v) is 2.14. The molecule has 2 rings (SSSR count). The fraction of sp³-hybridized carbons (Fsp3) is 0.750. The average Bonchev–Trinajstić information content (AvgIpc) is 2.68. The van der Waals surface area contributed by atoms with Gasteiger partial charge in [0.15, 0.2) is 0 Å². The third-order valence-corrected chi connectivity index (χ3v) is 3.03. The van der Waals surface area contributed by atoms with Crippen molar-refractivity contribution in [3.8, 4) is 0 Å². The predicted molar refractivity (Wildman–Crippen MR) is 64.7 cm³/mol. The number of nitrogens with one attached hydrogen (secondary N) is 1. The molecule has 0 radical (unpaired) electrons. The molecule has 0 spiro atoms. The van der Waals surface area contributed by atoms with Crippen LogP contribution < -0.4 is 5.32 Å². The van der Waals surface area contributed by atoms with Gasteiger partial charge in [0.1, 0.15) is 0 Å². The molecule has 90 valence electrons. The van der Waals surface area contributed by atoms with Gasteiger partial charge in [-0.05, 0) is 25.7 Å². The van der Waals surface area contributed by atoms with Crippen LogP contribution in [-0.4, -0.2) is 29.0 Å². The second kappa shape index (κ2) is 5.34. The molecule has 0 amide bonds. The lowest BCUT2D eigenvalue weighted by molar-refractivity contribution is 0.0247. The molecule has 1 fully saturated rings. The lowest BCUT2D eigenvalue weighted by atomic mass is 10.1. The molecular formula is C12H21N3O. The van der Waals surface area contributed by atoms with Crippen molar-refractivity contribution in [2.75, 3.05) is 18.5 Å². The normalized spacial score (nSPS) is 21.0. The third-order valence-electron chi connectivity index (χ3n) is 3.03. The molecule has 1 aliphatic rings. The lowest BCUT2D eigenvalue weighted by Gasteiger charge is -2.23. The summed E-state index contributed by atoms with van der Waals surface area (Å²) in [5, 5.41) is 7.85. The van der Waals surface area contributed by atoms with E-state index in [9.17, 15) is 0 Å².